The van der Waals surface area contributed by atoms with Crippen molar-refractivity contribution < 1.29 is 18.8 Å². The number of carbonyl (C=O) groups excluding carboxylic acids is 1. The van der Waals surface area contributed by atoms with Gasteiger partial charge in [-0.3, -0.25) is 14.2 Å². The smallest absolute Gasteiger partial charge is 0.349 e. The quantitative estimate of drug-likeness (QED) is 0.329. The molecule has 2 aromatic rings. The molecule has 2 rings (SSSR count). The Morgan fingerprint density at radius 1 is 1.14 bits per heavy atom. The number of halogens is 1. The second kappa shape index (κ2) is 13.1. The van der Waals surface area contributed by atoms with E-state index in [2.05, 4.69) is 15.9 Å². The molecule has 1 aromatic heterocycles. The number of benzene rings is 1. The Morgan fingerprint density at radius 3 is 2.38 bits per heavy atom. The van der Waals surface area contributed by atoms with Crippen LogP contribution in [0.25, 0.3) is 0 Å². The first-order valence-corrected chi connectivity index (χ1v) is 12.3. The topological polar surface area (TPSA) is 116 Å². The van der Waals surface area contributed by atoms with Crippen molar-refractivity contribution in [3.8, 4) is 5.75 Å². The van der Waals surface area contributed by atoms with Gasteiger partial charge in [0.1, 0.15) is 17.7 Å². The molecular weight excluding hydrogens is 481 g/mol. The Morgan fingerprint density at radius 2 is 1.81 bits per heavy atom. The molecule has 0 aliphatic carbocycles. The number of amides is 1. The summed E-state index contributed by atoms with van der Waals surface area (Å²) in [7, 11) is 1.47. The van der Waals surface area contributed by atoms with Crippen LogP contribution < -0.4 is 26.7 Å². The van der Waals surface area contributed by atoms with Gasteiger partial charge in [0.2, 0.25) is 5.91 Å². The van der Waals surface area contributed by atoms with Crippen molar-refractivity contribution in [3.05, 3.63) is 62.2 Å². The largest absolute Gasteiger partial charge is 0.496 e. The lowest BCUT2D eigenvalue weighted by Crippen LogP contribution is -2.51. The number of hydrogen-bond donors (Lipinski definition) is 2. The van der Waals surface area contributed by atoms with Crippen LogP contribution in [0, 0.1) is 17.7 Å². The molecule has 1 amide bonds. The Kier molecular flexibility index (Phi) is 10.5. The predicted octanol–water partition coefficient (Wildman–Crippen LogP) is 2.85. The molecule has 0 radical (unpaired) electrons. The highest BCUT2D eigenvalue weighted by atomic mass is 19.1. The summed E-state index contributed by atoms with van der Waals surface area (Å²) < 4.78 is 21.3. The molecule has 0 aliphatic heterocycles. The normalized spacial score (nSPS) is 12.7. The standard InChI is InChI=1S/C26H38FN5O5/c1-15(2)22(29-24(33)16(3)4)14-31-25(34)21(18(7)30-37-17(5)6)13-32(26(31)35)28-12-19-11-20(27)9-10-23(19)36-8/h9-11,13,15-17,22,28H,12,14H2,1-8H3,(H,29,33)/b30-18+/t22-/m1/s1. The molecule has 204 valence electrons. The molecular formula is C26H38FN5O5. The van der Waals surface area contributed by atoms with Gasteiger partial charge in [0.25, 0.3) is 5.56 Å². The molecule has 37 heavy (non-hydrogen) atoms. The molecule has 2 N–H and O–H groups in total. The molecule has 1 atom stereocenters. The molecule has 0 fully saturated rings. The summed E-state index contributed by atoms with van der Waals surface area (Å²) in [6.07, 6.45) is 1.13. The zero-order chi connectivity index (χ0) is 27.9. The van der Waals surface area contributed by atoms with E-state index < -0.39 is 23.1 Å². The highest BCUT2D eigenvalue weighted by molar-refractivity contribution is 5.97. The molecule has 0 spiro atoms. The number of rotatable bonds is 12. The Labute approximate surface area is 216 Å². The first-order valence-electron chi connectivity index (χ1n) is 12.3. The van der Waals surface area contributed by atoms with E-state index in [1.54, 1.807) is 34.6 Å². The monoisotopic (exact) mass is 519 g/mol. The number of nitrogens with one attached hydrogen (secondary N) is 2. The molecule has 0 bridgehead atoms. The summed E-state index contributed by atoms with van der Waals surface area (Å²) in [5, 5.41) is 6.96. The summed E-state index contributed by atoms with van der Waals surface area (Å²) in [6.45, 7) is 12.5. The zero-order valence-electron chi connectivity index (χ0n) is 22.8. The highest BCUT2D eigenvalue weighted by Gasteiger charge is 2.23. The van der Waals surface area contributed by atoms with Gasteiger partial charge in [0.15, 0.2) is 0 Å². The van der Waals surface area contributed by atoms with Gasteiger partial charge in [0, 0.05) is 23.7 Å². The van der Waals surface area contributed by atoms with Crippen LogP contribution >= 0.6 is 0 Å². The van der Waals surface area contributed by atoms with Crippen molar-refractivity contribution in [2.24, 2.45) is 17.0 Å². The van der Waals surface area contributed by atoms with Crippen LogP contribution in [0.2, 0.25) is 0 Å². The van der Waals surface area contributed by atoms with Gasteiger partial charge in [-0.2, -0.15) is 0 Å². The third kappa shape index (κ3) is 7.93. The molecule has 0 saturated heterocycles. The summed E-state index contributed by atoms with van der Waals surface area (Å²) in [4.78, 5) is 44.5. The summed E-state index contributed by atoms with van der Waals surface area (Å²) >= 11 is 0. The fraction of sp³-hybridized carbons (Fsp3) is 0.538. The van der Waals surface area contributed by atoms with E-state index in [4.69, 9.17) is 9.57 Å². The molecule has 0 saturated carbocycles. The van der Waals surface area contributed by atoms with Gasteiger partial charge in [-0.25, -0.2) is 13.9 Å². The van der Waals surface area contributed by atoms with E-state index in [0.717, 1.165) is 9.24 Å². The average Bonchev–Trinajstić information content (AvgIpc) is 2.83. The fourth-order valence-corrected chi connectivity index (χ4v) is 3.38. The van der Waals surface area contributed by atoms with Crippen LogP contribution in [-0.4, -0.2) is 40.1 Å². The summed E-state index contributed by atoms with van der Waals surface area (Å²) in [5.74, 6) is -0.511. The minimum absolute atomic E-state index is 0.0366. The molecule has 1 heterocycles. The SMILES string of the molecule is COc1ccc(F)cc1CNn1cc(/C(C)=N/OC(C)C)c(=O)n(C[C@@H](NC(=O)C(C)C)C(C)C)c1=O. The predicted molar refractivity (Wildman–Crippen MR) is 141 cm³/mol. The van der Waals surface area contributed by atoms with Gasteiger partial charge in [-0.15, -0.1) is 0 Å². The first kappa shape index (κ1) is 29.6. The maximum Gasteiger partial charge on any atom is 0.349 e. The van der Waals surface area contributed by atoms with Crippen LogP contribution in [0.3, 0.4) is 0 Å². The lowest BCUT2D eigenvalue weighted by molar-refractivity contribution is -0.125. The van der Waals surface area contributed by atoms with Gasteiger partial charge >= 0.3 is 5.69 Å². The number of hydrogen-bond acceptors (Lipinski definition) is 7. The number of ether oxygens (including phenoxy) is 1. The molecule has 0 unspecified atom stereocenters. The fourth-order valence-electron chi connectivity index (χ4n) is 3.38. The van der Waals surface area contributed by atoms with Crippen molar-refractivity contribution >= 4 is 11.6 Å². The van der Waals surface area contributed by atoms with Gasteiger partial charge in [-0.1, -0.05) is 32.9 Å². The van der Waals surface area contributed by atoms with Crippen molar-refractivity contribution in [2.75, 3.05) is 12.5 Å². The van der Waals surface area contributed by atoms with Crippen LogP contribution in [0.1, 0.15) is 59.6 Å². The second-order valence-corrected chi connectivity index (χ2v) is 9.75. The maximum absolute atomic E-state index is 13.8. The minimum atomic E-state index is -0.647. The van der Waals surface area contributed by atoms with Crippen molar-refractivity contribution in [3.63, 3.8) is 0 Å². The average molecular weight is 520 g/mol. The van der Waals surface area contributed by atoms with E-state index in [1.165, 1.54) is 31.5 Å². The molecule has 11 heteroatoms. The van der Waals surface area contributed by atoms with Crippen LogP contribution in [0.4, 0.5) is 4.39 Å². The van der Waals surface area contributed by atoms with Crippen molar-refractivity contribution in [2.45, 2.75) is 73.7 Å². The highest BCUT2D eigenvalue weighted by Crippen LogP contribution is 2.19. The lowest BCUT2D eigenvalue weighted by atomic mass is 10.0. The minimum Gasteiger partial charge on any atom is -0.496 e. The van der Waals surface area contributed by atoms with E-state index in [9.17, 15) is 18.8 Å². The van der Waals surface area contributed by atoms with Gasteiger partial charge < -0.3 is 20.3 Å². The van der Waals surface area contributed by atoms with Gasteiger partial charge in [-0.05, 0) is 44.9 Å². The van der Waals surface area contributed by atoms with Crippen molar-refractivity contribution in [1.82, 2.24) is 14.6 Å². The molecule has 1 aromatic carbocycles. The van der Waals surface area contributed by atoms with Crippen LogP contribution in [0.15, 0.2) is 39.1 Å². The van der Waals surface area contributed by atoms with E-state index in [1.807, 2.05) is 13.8 Å². The molecule has 10 nitrogen and oxygen atoms in total. The number of oxime groups is 1. The van der Waals surface area contributed by atoms with Crippen LogP contribution in [0.5, 0.6) is 5.75 Å². The van der Waals surface area contributed by atoms with E-state index in [-0.39, 0.29) is 48.2 Å². The Balaban J connectivity index is 2.57. The van der Waals surface area contributed by atoms with Crippen LogP contribution in [-0.2, 0) is 22.7 Å². The Hall–Kier alpha value is -3.63. The third-order valence-electron chi connectivity index (χ3n) is 5.68. The number of nitrogens with zero attached hydrogens (tertiary/aromatic N) is 3. The lowest BCUT2D eigenvalue weighted by Gasteiger charge is -2.25. The molecule has 0 aliphatic rings. The number of methoxy groups -OCH3 is 1. The van der Waals surface area contributed by atoms with Crippen molar-refractivity contribution in [1.29, 1.82) is 0 Å². The second-order valence-electron chi connectivity index (χ2n) is 9.75. The zero-order valence-corrected chi connectivity index (χ0v) is 22.8. The number of aromatic nitrogens is 2. The summed E-state index contributed by atoms with van der Waals surface area (Å²) in [5.41, 5.74) is 2.61. The Bertz CT molecular complexity index is 1230. The maximum atomic E-state index is 13.8. The first-order chi connectivity index (χ1) is 17.3. The van der Waals surface area contributed by atoms with E-state index >= 15 is 0 Å². The third-order valence-corrected chi connectivity index (χ3v) is 5.68. The number of carbonyl (C=O) groups is 1. The van der Waals surface area contributed by atoms with E-state index in [0.29, 0.717) is 11.3 Å². The van der Waals surface area contributed by atoms with Gasteiger partial charge in [0.05, 0.1) is 31.5 Å². The summed E-state index contributed by atoms with van der Waals surface area (Å²) in [6, 6.07) is 3.59.